The molecule has 6 nitrogen and oxygen atoms in total. The summed E-state index contributed by atoms with van der Waals surface area (Å²) in [4.78, 5) is 40.8. The highest BCUT2D eigenvalue weighted by atomic mass is 19.1. The zero-order valence-corrected chi connectivity index (χ0v) is 16.8. The molecule has 1 aliphatic heterocycles. The minimum atomic E-state index is -1.34. The topological polar surface area (TPSA) is 69.7 Å². The first kappa shape index (κ1) is 21.4. The summed E-state index contributed by atoms with van der Waals surface area (Å²) in [6.07, 6.45) is 0.245. The maximum atomic E-state index is 13.4. The number of amides is 4. The van der Waals surface area contributed by atoms with E-state index in [0.29, 0.717) is 17.7 Å². The molecule has 0 aliphatic carbocycles. The fraction of sp³-hybridized carbons (Fsp3) is 0.318. The van der Waals surface area contributed by atoms with E-state index >= 15 is 0 Å². The molecule has 0 bridgehead atoms. The molecule has 0 spiro atoms. The number of carbonyl (C=O) groups excluding carboxylic acids is 3. The van der Waals surface area contributed by atoms with Gasteiger partial charge in [0, 0.05) is 13.1 Å². The van der Waals surface area contributed by atoms with Crippen LogP contribution in [0.2, 0.25) is 0 Å². The summed E-state index contributed by atoms with van der Waals surface area (Å²) in [6, 6.07) is 10.6. The van der Waals surface area contributed by atoms with E-state index in [4.69, 9.17) is 0 Å². The Bertz CT molecular complexity index is 964. The summed E-state index contributed by atoms with van der Waals surface area (Å²) in [5, 5.41) is 2.67. The first-order chi connectivity index (χ1) is 14.3. The van der Waals surface area contributed by atoms with Crippen LogP contribution in [0, 0.1) is 11.6 Å². The van der Waals surface area contributed by atoms with E-state index in [9.17, 15) is 23.2 Å². The molecule has 1 heterocycles. The third kappa shape index (κ3) is 4.03. The van der Waals surface area contributed by atoms with Gasteiger partial charge >= 0.3 is 6.03 Å². The quantitative estimate of drug-likeness (QED) is 0.707. The van der Waals surface area contributed by atoms with E-state index in [-0.39, 0.29) is 13.0 Å². The van der Waals surface area contributed by atoms with Gasteiger partial charge in [-0.1, -0.05) is 31.2 Å². The molecule has 0 saturated carbocycles. The van der Waals surface area contributed by atoms with E-state index in [1.807, 2.05) is 0 Å². The molecule has 8 heteroatoms. The second-order valence-electron chi connectivity index (χ2n) is 7.13. The molecule has 1 fully saturated rings. The minimum absolute atomic E-state index is 0.160. The Labute approximate surface area is 173 Å². The number of hydrogen-bond donors (Lipinski definition) is 1. The molecule has 1 N–H and O–H groups in total. The minimum Gasteiger partial charge on any atom is -0.337 e. The van der Waals surface area contributed by atoms with Gasteiger partial charge in [0.1, 0.15) is 23.7 Å². The zero-order chi connectivity index (χ0) is 21.9. The number of nitrogens with one attached hydrogen (secondary N) is 1. The van der Waals surface area contributed by atoms with Gasteiger partial charge < -0.3 is 10.2 Å². The highest BCUT2D eigenvalue weighted by molar-refractivity contribution is 6.09. The van der Waals surface area contributed by atoms with Gasteiger partial charge in [-0.3, -0.25) is 14.5 Å². The monoisotopic (exact) mass is 415 g/mol. The van der Waals surface area contributed by atoms with Crippen molar-refractivity contribution in [1.29, 1.82) is 0 Å². The van der Waals surface area contributed by atoms with Crippen LogP contribution in [0.1, 0.15) is 31.4 Å². The Hall–Kier alpha value is -3.29. The third-order valence-electron chi connectivity index (χ3n) is 5.33. The second-order valence-corrected chi connectivity index (χ2v) is 7.13. The van der Waals surface area contributed by atoms with Crippen LogP contribution in [-0.4, -0.2) is 40.7 Å². The van der Waals surface area contributed by atoms with Gasteiger partial charge in [0.05, 0.1) is 0 Å². The molecule has 0 radical (unpaired) electrons. The van der Waals surface area contributed by atoms with Crippen molar-refractivity contribution in [2.24, 2.45) is 0 Å². The van der Waals surface area contributed by atoms with Gasteiger partial charge in [0.15, 0.2) is 0 Å². The number of nitrogens with zero attached hydrogens (tertiary/aromatic N) is 2. The summed E-state index contributed by atoms with van der Waals surface area (Å²) in [5.41, 5.74) is -0.284. The Balaban J connectivity index is 1.78. The molecule has 158 valence electrons. The number of rotatable bonds is 7. The van der Waals surface area contributed by atoms with Crippen LogP contribution in [0.3, 0.4) is 0 Å². The lowest BCUT2D eigenvalue weighted by Gasteiger charge is -2.26. The molecule has 30 heavy (non-hydrogen) atoms. The lowest BCUT2D eigenvalue weighted by Crippen LogP contribution is -2.45. The van der Waals surface area contributed by atoms with Crippen LogP contribution >= 0.6 is 0 Å². The van der Waals surface area contributed by atoms with E-state index in [1.54, 1.807) is 26.0 Å². The van der Waals surface area contributed by atoms with Crippen LogP contribution in [-0.2, 0) is 21.7 Å². The third-order valence-corrected chi connectivity index (χ3v) is 5.33. The predicted molar refractivity (Wildman–Crippen MR) is 106 cm³/mol. The van der Waals surface area contributed by atoms with Crippen LogP contribution in [0.5, 0.6) is 0 Å². The molecule has 1 aliphatic rings. The van der Waals surface area contributed by atoms with Gasteiger partial charge in [-0.15, -0.1) is 0 Å². The highest BCUT2D eigenvalue weighted by Gasteiger charge is 2.51. The number of likely N-dealkylation sites (N-methyl/N-ethyl adjacent to an activating group) is 1. The van der Waals surface area contributed by atoms with Crippen LogP contribution in [0.15, 0.2) is 48.5 Å². The summed E-state index contributed by atoms with van der Waals surface area (Å²) >= 11 is 0. The lowest BCUT2D eigenvalue weighted by molar-refractivity contribution is -0.139. The van der Waals surface area contributed by atoms with E-state index in [2.05, 4.69) is 5.32 Å². The average molecular weight is 415 g/mol. The summed E-state index contributed by atoms with van der Waals surface area (Å²) < 4.78 is 26.7. The fourth-order valence-electron chi connectivity index (χ4n) is 3.61. The molecule has 3 rings (SSSR count). The van der Waals surface area contributed by atoms with Gasteiger partial charge in [-0.25, -0.2) is 13.6 Å². The number of halogens is 2. The second kappa shape index (κ2) is 8.61. The summed E-state index contributed by atoms with van der Waals surface area (Å²) in [6.45, 7) is 3.55. The summed E-state index contributed by atoms with van der Waals surface area (Å²) in [5.74, 6) is -1.85. The smallest absolute Gasteiger partial charge is 0.325 e. The van der Waals surface area contributed by atoms with Crippen LogP contribution in [0.4, 0.5) is 13.6 Å². The van der Waals surface area contributed by atoms with Gasteiger partial charge in [0.2, 0.25) is 5.91 Å². The van der Waals surface area contributed by atoms with Crippen molar-refractivity contribution >= 4 is 17.8 Å². The number of benzene rings is 2. The van der Waals surface area contributed by atoms with Gasteiger partial charge in [0.25, 0.3) is 5.91 Å². The van der Waals surface area contributed by atoms with E-state index in [0.717, 1.165) is 4.90 Å². The molecule has 4 amide bonds. The van der Waals surface area contributed by atoms with Crippen LogP contribution in [0.25, 0.3) is 0 Å². The number of hydrogen-bond acceptors (Lipinski definition) is 3. The average Bonchev–Trinajstić information content (AvgIpc) is 2.97. The van der Waals surface area contributed by atoms with E-state index in [1.165, 1.54) is 41.3 Å². The molecule has 1 atom stereocenters. The SMILES string of the molecule is CCN(Cc1cccc(F)c1)C(=O)CN1C(=O)N[C@](CC)(c2ccc(F)cc2)C1=O. The van der Waals surface area contributed by atoms with Gasteiger partial charge in [-0.05, 0) is 48.7 Å². The van der Waals surface area contributed by atoms with Crippen molar-refractivity contribution < 1.29 is 23.2 Å². The Morgan fingerprint density at radius 3 is 2.37 bits per heavy atom. The molecular weight excluding hydrogens is 392 g/mol. The van der Waals surface area contributed by atoms with Crippen molar-refractivity contribution in [2.45, 2.75) is 32.4 Å². The fourth-order valence-corrected chi connectivity index (χ4v) is 3.61. The Morgan fingerprint density at radius 1 is 1.07 bits per heavy atom. The molecule has 0 unspecified atom stereocenters. The largest absolute Gasteiger partial charge is 0.337 e. The zero-order valence-electron chi connectivity index (χ0n) is 16.8. The number of carbonyl (C=O) groups is 3. The maximum absolute atomic E-state index is 13.4. The van der Waals surface area contributed by atoms with E-state index < -0.39 is 41.6 Å². The van der Waals surface area contributed by atoms with Crippen molar-refractivity contribution in [3.8, 4) is 0 Å². The van der Waals surface area contributed by atoms with Crippen LogP contribution < -0.4 is 5.32 Å². The highest BCUT2D eigenvalue weighted by Crippen LogP contribution is 2.32. The van der Waals surface area contributed by atoms with Crippen molar-refractivity contribution in [3.05, 3.63) is 71.3 Å². The molecule has 0 aromatic heterocycles. The first-order valence-electron chi connectivity index (χ1n) is 9.73. The number of imide groups is 1. The molecule has 2 aromatic carbocycles. The Morgan fingerprint density at radius 2 is 1.77 bits per heavy atom. The lowest BCUT2D eigenvalue weighted by atomic mass is 9.87. The standard InChI is InChI=1S/C22H23F2N3O3/c1-3-22(16-8-10-17(23)11-9-16)20(29)27(21(30)25-22)14-19(28)26(4-2)13-15-6-5-7-18(24)12-15/h5-12H,3-4,13-14H2,1-2H3,(H,25,30)/t22-/m1/s1. The first-order valence-corrected chi connectivity index (χ1v) is 9.73. The van der Waals surface area contributed by atoms with Crippen molar-refractivity contribution in [2.75, 3.05) is 13.1 Å². The van der Waals surface area contributed by atoms with Crippen molar-refractivity contribution in [1.82, 2.24) is 15.1 Å². The predicted octanol–water partition coefficient (Wildman–Crippen LogP) is 3.17. The maximum Gasteiger partial charge on any atom is 0.325 e. The number of urea groups is 1. The normalized spacial score (nSPS) is 18.5. The Kier molecular flexibility index (Phi) is 6.14. The summed E-state index contributed by atoms with van der Waals surface area (Å²) in [7, 11) is 0. The van der Waals surface area contributed by atoms with Gasteiger partial charge in [-0.2, -0.15) is 0 Å². The van der Waals surface area contributed by atoms with Crippen molar-refractivity contribution in [3.63, 3.8) is 0 Å². The molecule has 1 saturated heterocycles. The molecular formula is C22H23F2N3O3. The molecule has 2 aromatic rings.